The molecule has 24 heavy (non-hydrogen) atoms. The number of carbonyl (C=O) groups is 2. The minimum atomic E-state index is -0.935. The predicted molar refractivity (Wildman–Crippen MR) is 84.1 cm³/mol. The van der Waals surface area contributed by atoms with Gasteiger partial charge in [-0.1, -0.05) is 6.07 Å². The molecule has 1 aliphatic heterocycles. The molecule has 1 aliphatic rings. The smallest absolute Gasteiger partial charge is 0.268 e. The number of aromatic nitrogens is 2. The van der Waals surface area contributed by atoms with Crippen molar-refractivity contribution in [2.24, 2.45) is 12.8 Å². The average Bonchev–Trinajstić information content (AvgIpc) is 2.95. The molecule has 1 unspecified atom stereocenters. The first-order valence-corrected chi connectivity index (χ1v) is 7.52. The average molecular weight is 332 g/mol. The maximum absolute atomic E-state index is 13.8. The summed E-state index contributed by atoms with van der Waals surface area (Å²) in [6.07, 6.45) is 3.71. The Bertz CT molecular complexity index is 789. The van der Waals surface area contributed by atoms with Crippen LogP contribution in [0.4, 0.5) is 10.1 Å². The third-order valence-electron chi connectivity index (χ3n) is 3.88. The molecule has 8 heteroatoms. The number of benzene rings is 1. The lowest BCUT2D eigenvalue weighted by molar-refractivity contribution is -0.127. The summed E-state index contributed by atoms with van der Waals surface area (Å²) in [6, 6.07) is 3.96. The second-order valence-electron chi connectivity index (χ2n) is 5.59. The van der Waals surface area contributed by atoms with Gasteiger partial charge < -0.3 is 15.4 Å². The second-order valence-corrected chi connectivity index (χ2v) is 5.59. The van der Waals surface area contributed by atoms with Gasteiger partial charge in [-0.2, -0.15) is 5.10 Å². The number of halogens is 1. The van der Waals surface area contributed by atoms with Crippen LogP contribution in [0.5, 0.6) is 5.75 Å². The second kappa shape index (κ2) is 6.31. The molecule has 2 heterocycles. The zero-order chi connectivity index (χ0) is 17.3. The molecule has 3 rings (SSSR count). The minimum Gasteiger partial charge on any atom is -0.480 e. The van der Waals surface area contributed by atoms with Crippen LogP contribution in [0.2, 0.25) is 0 Å². The molecule has 0 saturated carbocycles. The molecule has 1 atom stereocenters. The summed E-state index contributed by atoms with van der Waals surface area (Å²) in [5, 5.41) is 4.06. The third-order valence-corrected chi connectivity index (χ3v) is 3.88. The standard InChI is InChI=1S/C16H17FN4O3/c1-20-9-10(8-19-20)21-7-3-6-13(16(21)23)24-12-5-2-4-11(17)14(12)15(18)22/h2,4-5,8-9,13H,3,6-7H2,1H3,(H2,18,22). The molecule has 7 nitrogen and oxygen atoms in total. The van der Waals surface area contributed by atoms with Crippen molar-refractivity contribution in [3.05, 3.63) is 42.0 Å². The summed E-state index contributed by atoms with van der Waals surface area (Å²) < 4.78 is 21.1. The lowest BCUT2D eigenvalue weighted by Gasteiger charge is -2.31. The number of anilines is 1. The molecule has 2 N–H and O–H groups in total. The van der Waals surface area contributed by atoms with Crippen molar-refractivity contribution in [3.63, 3.8) is 0 Å². The van der Waals surface area contributed by atoms with Crippen LogP contribution in [0.15, 0.2) is 30.6 Å². The first-order valence-electron chi connectivity index (χ1n) is 7.52. The summed E-state index contributed by atoms with van der Waals surface area (Å²) in [6.45, 7) is 0.552. The molecule has 2 amide bonds. The molecule has 126 valence electrons. The number of aryl methyl sites for hydroxylation is 1. The largest absolute Gasteiger partial charge is 0.480 e. The summed E-state index contributed by atoms with van der Waals surface area (Å²) in [5.74, 6) is -1.98. The van der Waals surface area contributed by atoms with E-state index < -0.39 is 17.8 Å². The molecule has 1 fully saturated rings. The molecule has 0 bridgehead atoms. The molecule has 1 aromatic carbocycles. The number of nitrogens with two attached hydrogens (primary N) is 1. The molecular weight excluding hydrogens is 315 g/mol. The van der Waals surface area contributed by atoms with E-state index in [0.29, 0.717) is 25.1 Å². The highest BCUT2D eigenvalue weighted by molar-refractivity contribution is 5.98. The SMILES string of the molecule is Cn1cc(N2CCCC(Oc3cccc(F)c3C(N)=O)C2=O)cn1. The number of nitrogens with zero attached hydrogens (tertiary/aromatic N) is 3. The zero-order valence-electron chi connectivity index (χ0n) is 13.1. The molecule has 0 spiro atoms. The van der Waals surface area contributed by atoms with Crippen molar-refractivity contribution in [1.29, 1.82) is 0 Å². The van der Waals surface area contributed by atoms with E-state index in [2.05, 4.69) is 5.10 Å². The molecular formula is C16H17FN4O3. The molecule has 0 aliphatic carbocycles. The van der Waals surface area contributed by atoms with Crippen LogP contribution < -0.4 is 15.4 Å². The van der Waals surface area contributed by atoms with Crippen molar-refractivity contribution in [2.45, 2.75) is 18.9 Å². The van der Waals surface area contributed by atoms with E-state index in [0.717, 1.165) is 6.07 Å². The topological polar surface area (TPSA) is 90.5 Å². The monoisotopic (exact) mass is 332 g/mol. The van der Waals surface area contributed by atoms with Gasteiger partial charge in [0, 0.05) is 19.8 Å². The van der Waals surface area contributed by atoms with Crippen molar-refractivity contribution in [2.75, 3.05) is 11.4 Å². The third kappa shape index (κ3) is 2.94. The number of amides is 2. The van der Waals surface area contributed by atoms with E-state index >= 15 is 0 Å². The minimum absolute atomic E-state index is 0.0195. The van der Waals surface area contributed by atoms with Crippen molar-refractivity contribution in [3.8, 4) is 5.75 Å². The van der Waals surface area contributed by atoms with Crippen LogP contribution in [0.25, 0.3) is 0 Å². The fourth-order valence-electron chi connectivity index (χ4n) is 2.75. The number of rotatable bonds is 4. The number of piperidine rings is 1. The van der Waals surface area contributed by atoms with E-state index in [-0.39, 0.29) is 17.2 Å². The number of carbonyl (C=O) groups excluding carboxylic acids is 2. The predicted octanol–water partition coefficient (Wildman–Crippen LogP) is 1.23. The van der Waals surface area contributed by atoms with Gasteiger partial charge in [-0.05, 0) is 25.0 Å². The van der Waals surface area contributed by atoms with E-state index in [4.69, 9.17) is 10.5 Å². The maximum atomic E-state index is 13.8. The molecule has 0 radical (unpaired) electrons. The molecule has 2 aromatic rings. The Morgan fingerprint density at radius 1 is 1.46 bits per heavy atom. The first kappa shape index (κ1) is 16.0. The normalized spacial score (nSPS) is 17.8. The van der Waals surface area contributed by atoms with Gasteiger partial charge in [0.1, 0.15) is 17.1 Å². The summed E-state index contributed by atoms with van der Waals surface area (Å²) in [5.41, 5.74) is 5.54. The number of primary amides is 1. The van der Waals surface area contributed by atoms with Gasteiger partial charge in [0.15, 0.2) is 6.10 Å². The highest BCUT2D eigenvalue weighted by Gasteiger charge is 2.33. The lowest BCUT2D eigenvalue weighted by atomic mass is 10.1. The number of hydrogen-bond acceptors (Lipinski definition) is 4. The van der Waals surface area contributed by atoms with Gasteiger partial charge in [-0.25, -0.2) is 4.39 Å². The van der Waals surface area contributed by atoms with E-state index in [1.807, 2.05) is 0 Å². The van der Waals surface area contributed by atoms with Crippen molar-refractivity contribution >= 4 is 17.5 Å². The highest BCUT2D eigenvalue weighted by Crippen LogP contribution is 2.27. The quantitative estimate of drug-likeness (QED) is 0.912. The van der Waals surface area contributed by atoms with Crippen molar-refractivity contribution in [1.82, 2.24) is 9.78 Å². The van der Waals surface area contributed by atoms with Gasteiger partial charge >= 0.3 is 0 Å². The Balaban J connectivity index is 1.84. The molecule has 1 saturated heterocycles. The van der Waals surface area contributed by atoms with Crippen LogP contribution in [-0.4, -0.2) is 34.2 Å². The van der Waals surface area contributed by atoms with E-state index in [1.54, 1.807) is 29.0 Å². The maximum Gasteiger partial charge on any atom is 0.268 e. The van der Waals surface area contributed by atoms with Gasteiger partial charge in [-0.3, -0.25) is 14.3 Å². The number of hydrogen-bond donors (Lipinski definition) is 1. The Labute approximate surface area is 137 Å². The summed E-state index contributed by atoms with van der Waals surface area (Å²) in [7, 11) is 1.76. The fourth-order valence-corrected chi connectivity index (χ4v) is 2.75. The summed E-state index contributed by atoms with van der Waals surface area (Å²) in [4.78, 5) is 25.7. The Morgan fingerprint density at radius 2 is 2.25 bits per heavy atom. The first-order chi connectivity index (χ1) is 11.5. The highest BCUT2D eigenvalue weighted by atomic mass is 19.1. The fraction of sp³-hybridized carbons (Fsp3) is 0.312. The van der Waals surface area contributed by atoms with Crippen LogP contribution >= 0.6 is 0 Å². The molecule has 1 aromatic heterocycles. The van der Waals surface area contributed by atoms with Crippen LogP contribution in [-0.2, 0) is 11.8 Å². The Kier molecular flexibility index (Phi) is 4.20. The Morgan fingerprint density at radius 3 is 2.92 bits per heavy atom. The van der Waals surface area contributed by atoms with Crippen LogP contribution in [0.3, 0.4) is 0 Å². The van der Waals surface area contributed by atoms with E-state index in [9.17, 15) is 14.0 Å². The van der Waals surface area contributed by atoms with E-state index in [1.165, 1.54) is 12.1 Å². The van der Waals surface area contributed by atoms with Gasteiger partial charge in [0.2, 0.25) is 0 Å². The summed E-state index contributed by atoms with van der Waals surface area (Å²) >= 11 is 0. The van der Waals surface area contributed by atoms with Gasteiger partial charge in [-0.15, -0.1) is 0 Å². The Hall–Kier alpha value is -2.90. The number of ether oxygens (including phenoxy) is 1. The lowest BCUT2D eigenvalue weighted by Crippen LogP contribution is -2.47. The van der Waals surface area contributed by atoms with Gasteiger partial charge in [0.25, 0.3) is 11.8 Å². The van der Waals surface area contributed by atoms with Gasteiger partial charge in [0.05, 0.1) is 11.9 Å². The van der Waals surface area contributed by atoms with Crippen molar-refractivity contribution < 1.29 is 18.7 Å². The van der Waals surface area contributed by atoms with Crippen LogP contribution in [0.1, 0.15) is 23.2 Å². The zero-order valence-corrected chi connectivity index (χ0v) is 13.1. The van der Waals surface area contributed by atoms with Crippen LogP contribution in [0, 0.1) is 5.82 Å².